The van der Waals surface area contributed by atoms with E-state index in [-0.39, 0.29) is 18.5 Å². The maximum absolute atomic E-state index is 12.9. The van der Waals surface area contributed by atoms with Gasteiger partial charge in [0.2, 0.25) is 0 Å². The lowest BCUT2D eigenvalue weighted by atomic mass is 10.1. The van der Waals surface area contributed by atoms with Crippen molar-refractivity contribution in [3.05, 3.63) is 35.1 Å². The fraction of sp³-hybridized carbons (Fsp3) is 0.333. The van der Waals surface area contributed by atoms with Gasteiger partial charge in [-0.3, -0.25) is 9.59 Å². The monoisotopic (exact) mass is 275 g/mol. The molecular formula is C12H12F3NO3. The molecule has 19 heavy (non-hydrogen) atoms. The van der Waals surface area contributed by atoms with Crippen LogP contribution < -0.4 is 5.32 Å². The van der Waals surface area contributed by atoms with Gasteiger partial charge in [-0.2, -0.15) is 0 Å². The predicted octanol–water partition coefficient (Wildman–Crippen LogP) is 1.94. The summed E-state index contributed by atoms with van der Waals surface area (Å²) in [6.45, 7) is 1.50. The number of rotatable bonds is 5. The summed E-state index contributed by atoms with van der Waals surface area (Å²) in [5.74, 6) is -7.00. The first kappa shape index (κ1) is 15.0. The molecule has 1 unspecified atom stereocenters. The van der Waals surface area contributed by atoms with Crippen molar-refractivity contribution in [3.8, 4) is 0 Å². The zero-order valence-corrected chi connectivity index (χ0v) is 10.0. The molecule has 4 nitrogen and oxygen atoms in total. The molecule has 0 saturated heterocycles. The fourth-order valence-corrected chi connectivity index (χ4v) is 1.31. The van der Waals surface area contributed by atoms with E-state index in [0.717, 1.165) is 0 Å². The van der Waals surface area contributed by atoms with Crippen LogP contribution >= 0.6 is 0 Å². The lowest BCUT2D eigenvalue weighted by Gasteiger charge is -2.08. The van der Waals surface area contributed by atoms with Crippen LogP contribution in [0.2, 0.25) is 0 Å². The summed E-state index contributed by atoms with van der Waals surface area (Å²) in [5.41, 5.74) is -0.362. The summed E-state index contributed by atoms with van der Waals surface area (Å²) in [5, 5.41) is 10.9. The Bertz CT molecular complexity index is 482. The van der Waals surface area contributed by atoms with Crippen LogP contribution in [0.25, 0.3) is 0 Å². The first-order valence-corrected chi connectivity index (χ1v) is 5.48. The van der Waals surface area contributed by atoms with Gasteiger partial charge in [-0.15, -0.1) is 0 Å². The van der Waals surface area contributed by atoms with Crippen molar-refractivity contribution < 1.29 is 27.9 Å². The third-order valence-electron chi connectivity index (χ3n) is 2.53. The normalized spacial score (nSPS) is 12.0. The van der Waals surface area contributed by atoms with Crippen molar-refractivity contribution in [1.29, 1.82) is 0 Å². The number of halogens is 3. The highest BCUT2D eigenvalue weighted by molar-refractivity contribution is 5.94. The Hall–Kier alpha value is -2.05. The summed E-state index contributed by atoms with van der Waals surface area (Å²) in [6, 6.07) is 1.16. The second kappa shape index (κ2) is 6.21. The van der Waals surface area contributed by atoms with Crippen LogP contribution in [0, 0.1) is 23.4 Å². The van der Waals surface area contributed by atoms with E-state index in [1.165, 1.54) is 6.92 Å². The van der Waals surface area contributed by atoms with Crippen molar-refractivity contribution in [2.75, 3.05) is 6.54 Å². The Morgan fingerprint density at radius 1 is 1.26 bits per heavy atom. The fourth-order valence-electron chi connectivity index (χ4n) is 1.31. The summed E-state index contributed by atoms with van der Waals surface area (Å²) >= 11 is 0. The van der Waals surface area contributed by atoms with Gasteiger partial charge >= 0.3 is 5.97 Å². The second-order valence-corrected chi connectivity index (χ2v) is 4.04. The number of aliphatic carboxylic acids is 1. The largest absolute Gasteiger partial charge is 0.481 e. The maximum atomic E-state index is 12.9. The molecule has 0 heterocycles. The minimum Gasteiger partial charge on any atom is -0.481 e. The quantitative estimate of drug-likeness (QED) is 0.807. The number of carbonyl (C=O) groups excluding carboxylic acids is 1. The van der Waals surface area contributed by atoms with Crippen molar-refractivity contribution in [2.24, 2.45) is 5.92 Å². The molecule has 0 fully saturated rings. The molecule has 0 bridgehead atoms. The first-order chi connectivity index (χ1) is 8.82. The van der Waals surface area contributed by atoms with E-state index in [2.05, 4.69) is 5.32 Å². The van der Waals surface area contributed by atoms with Gasteiger partial charge in [-0.25, -0.2) is 13.2 Å². The molecule has 0 saturated carbocycles. The summed E-state index contributed by atoms with van der Waals surface area (Å²) < 4.78 is 38.4. The summed E-state index contributed by atoms with van der Waals surface area (Å²) in [4.78, 5) is 22.0. The lowest BCUT2D eigenvalue weighted by Crippen LogP contribution is -2.27. The summed E-state index contributed by atoms with van der Waals surface area (Å²) in [6.07, 6.45) is 0.174. The lowest BCUT2D eigenvalue weighted by molar-refractivity contribution is -0.141. The van der Waals surface area contributed by atoms with Crippen LogP contribution in [0.4, 0.5) is 13.2 Å². The van der Waals surface area contributed by atoms with Crippen LogP contribution in [0.1, 0.15) is 23.7 Å². The van der Waals surface area contributed by atoms with Crippen LogP contribution in [0.3, 0.4) is 0 Å². The van der Waals surface area contributed by atoms with E-state index < -0.39 is 35.2 Å². The highest BCUT2D eigenvalue weighted by Gasteiger charge is 2.16. The number of hydrogen-bond acceptors (Lipinski definition) is 2. The molecule has 0 spiro atoms. The molecule has 1 rings (SSSR count). The Morgan fingerprint density at radius 2 is 1.79 bits per heavy atom. The smallest absolute Gasteiger partial charge is 0.306 e. The molecular weight excluding hydrogens is 263 g/mol. The number of carbonyl (C=O) groups is 2. The molecule has 0 aliphatic rings. The molecule has 0 aromatic heterocycles. The number of benzene rings is 1. The van der Waals surface area contributed by atoms with Gasteiger partial charge < -0.3 is 10.4 Å². The number of nitrogens with one attached hydrogen (secondary N) is 1. The Balaban J connectivity index is 2.62. The molecule has 1 aromatic carbocycles. The number of hydrogen-bond donors (Lipinski definition) is 2. The molecule has 104 valence electrons. The summed E-state index contributed by atoms with van der Waals surface area (Å²) in [7, 11) is 0. The molecule has 0 radical (unpaired) electrons. The van der Waals surface area contributed by atoms with Crippen molar-refractivity contribution in [2.45, 2.75) is 13.3 Å². The SMILES string of the molecule is CC(CCNC(=O)c1cc(F)c(F)c(F)c1)C(=O)O. The predicted molar refractivity (Wildman–Crippen MR) is 60.1 cm³/mol. The highest BCUT2D eigenvalue weighted by Crippen LogP contribution is 2.13. The molecule has 1 atom stereocenters. The van der Waals surface area contributed by atoms with E-state index in [0.29, 0.717) is 12.1 Å². The van der Waals surface area contributed by atoms with E-state index in [1.807, 2.05) is 0 Å². The van der Waals surface area contributed by atoms with Crippen LogP contribution in [0.5, 0.6) is 0 Å². The molecule has 2 N–H and O–H groups in total. The Labute approximate surface area is 107 Å². The first-order valence-electron chi connectivity index (χ1n) is 5.48. The van der Waals surface area contributed by atoms with E-state index in [1.54, 1.807) is 0 Å². The van der Waals surface area contributed by atoms with Crippen molar-refractivity contribution in [3.63, 3.8) is 0 Å². The van der Waals surface area contributed by atoms with Crippen molar-refractivity contribution >= 4 is 11.9 Å². The number of carboxylic acids is 1. The highest BCUT2D eigenvalue weighted by atomic mass is 19.2. The topological polar surface area (TPSA) is 66.4 Å². The Kier molecular flexibility index (Phi) is 4.91. The van der Waals surface area contributed by atoms with E-state index >= 15 is 0 Å². The van der Waals surface area contributed by atoms with Crippen LogP contribution in [0.15, 0.2) is 12.1 Å². The molecule has 7 heteroatoms. The van der Waals surface area contributed by atoms with Gasteiger partial charge in [0.1, 0.15) is 0 Å². The minimum absolute atomic E-state index is 0.0346. The van der Waals surface area contributed by atoms with Crippen molar-refractivity contribution in [1.82, 2.24) is 5.32 Å². The average molecular weight is 275 g/mol. The molecule has 0 aliphatic carbocycles. The molecule has 0 aliphatic heterocycles. The third kappa shape index (κ3) is 3.97. The van der Waals surface area contributed by atoms with E-state index in [9.17, 15) is 22.8 Å². The maximum Gasteiger partial charge on any atom is 0.306 e. The molecule has 1 amide bonds. The van der Waals surface area contributed by atoms with Gasteiger partial charge in [-0.05, 0) is 18.6 Å². The second-order valence-electron chi connectivity index (χ2n) is 4.04. The number of carboxylic acid groups (broad SMARTS) is 1. The van der Waals surface area contributed by atoms with E-state index in [4.69, 9.17) is 5.11 Å². The van der Waals surface area contributed by atoms with Gasteiger partial charge in [0.05, 0.1) is 5.92 Å². The third-order valence-corrected chi connectivity index (χ3v) is 2.53. The van der Waals surface area contributed by atoms with Gasteiger partial charge in [0.15, 0.2) is 17.5 Å². The van der Waals surface area contributed by atoms with Gasteiger partial charge in [0, 0.05) is 12.1 Å². The Morgan fingerprint density at radius 3 is 2.26 bits per heavy atom. The van der Waals surface area contributed by atoms with Gasteiger partial charge in [-0.1, -0.05) is 6.92 Å². The number of amides is 1. The van der Waals surface area contributed by atoms with Crippen LogP contribution in [-0.2, 0) is 4.79 Å². The average Bonchev–Trinajstić information content (AvgIpc) is 2.34. The standard InChI is InChI=1S/C12H12F3NO3/c1-6(12(18)19)2-3-16-11(17)7-4-8(13)10(15)9(14)5-7/h4-6H,2-3H2,1H3,(H,16,17)(H,18,19). The van der Waals surface area contributed by atoms with Gasteiger partial charge in [0.25, 0.3) is 5.91 Å². The minimum atomic E-state index is -1.64. The zero-order chi connectivity index (χ0) is 14.6. The van der Waals surface area contributed by atoms with Crippen LogP contribution in [-0.4, -0.2) is 23.5 Å². The zero-order valence-electron chi connectivity index (χ0n) is 10.0. The molecule has 1 aromatic rings.